The van der Waals surface area contributed by atoms with Gasteiger partial charge in [0.15, 0.2) is 0 Å². The number of hydrogen-bond acceptors (Lipinski definition) is 4. The van der Waals surface area contributed by atoms with Crippen molar-refractivity contribution in [1.82, 2.24) is 0 Å². The highest BCUT2D eigenvalue weighted by Crippen LogP contribution is 2.25. The number of carbonyl (C=O) groups is 2. The van der Waals surface area contributed by atoms with Gasteiger partial charge in [-0.05, 0) is 12.1 Å². The summed E-state index contributed by atoms with van der Waals surface area (Å²) < 4.78 is 4.85. The summed E-state index contributed by atoms with van der Waals surface area (Å²) in [6, 6.07) is 4.58. The Morgan fingerprint density at radius 3 is 2.38 bits per heavy atom. The number of carboxylic acid groups (broad SMARTS) is 1. The zero-order valence-corrected chi connectivity index (χ0v) is 9.35. The third-order valence-corrected chi connectivity index (χ3v) is 1.97. The topological polar surface area (TPSA) is 66.8 Å². The average Bonchev–Trinajstić information content (AvgIpc) is 2.15. The lowest BCUT2D eigenvalue weighted by Crippen LogP contribution is -2.12. The second-order valence-corrected chi connectivity index (χ2v) is 3.47. The number of carbonyl (C=O) groups excluding carboxylic acids is 1. The van der Waals surface area contributed by atoms with Crippen molar-refractivity contribution in [3.63, 3.8) is 0 Å². The maximum absolute atomic E-state index is 10.9. The van der Waals surface area contributed by atoms with Crippen LogP contribution in [-0.2, 0) is 4.79 Å². The van der Waals surface area contributed by atoms with E-state index in [0.29, 0.717) is 0 Å². The molecule has 16 heavy (non-hydrogen) atoms. The Balaban J connectivity index is 3.20. The standard InChI is InChI=1S/C11H13NO4/c1-7(13)16-10-6-8(12(2)3)4-5-9(10)11(14)15/h4-6H,1-3H3,(H,14,15). The summed E-state index contributed by atoms with van der Waals surface area (Å²) >= 11 is 0. The maximum Gasteiger partial charge on any atom is 0.339 e. The first-order chi connectivity index (χ1) is 7.41. The van der Waals surface area contributed by atoms with E-state index in [1.165, 1.54) is 19.1 Å². The normalized spacial score (nSPS) is 9.69. The molecule has 5 nitrogen and oxygen atoms in total. The van der Waals surface area contributed by atoms with E-state index in [-0.39, 0.29) is 11.3 Å². The van der Waals surface area contributed by atoms with Crippen LogP contribution in [0.5, 0.6) is 5.75 Å². The number of hydrogen-bond donors (Lipinski definition) is 1. The van der Waals surface area contributed by atoms with Gasteiger partial charge in [0.1, 0.15) is 11.3 Å². The number of anilines is 1. The van der Waals surface area contributed by atoms with Crippen LogP contribution in [0.1, 0.15) is 17.3 Å². The number of aromatic carboxylic acids is 1. The Bertz CT molecular complexity index is 426. The van der Waals surface area contributed by atoms with E-state index in [9.17, 15) is 9.59 Å². The van der Waals surface area contributed by atoms with Crippen molar-refractivity contribution in [2.45, 2.75) is 6.92 Å². The number of benzene rings is 1. The molecule has 1 N–H and O–H groups in total. The van der Waals surface area contributed by atoms with Gasteiger partial charge in [0.25, 0.3) is 0 Å². The summed E-state index contributed by atoms with van der Waals surface area (Å²) in [5.41, 5.74) is 0.738. The fraction of sp³-hybridized carbons (Fsp3) is 0.273. The van der Waals surface area contributed by atoms with E-state index in [4.69, 9.17) is 9.84 Å². The molecule has 0 aliphatic rings. The SMILES string of the molecule is CC(=O)Oc1cc(N(C)C)ccc1C(=O)O. The molecule has 0 saturated heterocycles. The molecule has 1 rings (SSSR count). The summed E-state index contributed by atoms with van der Waals surface area (Å²) in [5, 5.41) is 8.90. The molecule has 0 aliphatic heterocycles. The van der Waals surface area contributed by atoms with Crippen LogP contribution in [0.3, 0.4) is 0 Å². The van der Waals surface area contributed by atoms with E-state index < -0.39 is 11.9 Å². The van der Waals surface area contributed by atoms with E-state index in [0.717, 1.165) is 5.69 Å². The minimum Gasteiger partial charge on any atom is -0.478 e. The lowest BCUT2D eigenvalue weighted by molar-refractivity contribution is -0.131. The van der Waals surface area contributed by atoms with Gasteiger partial charge < -0.3 is 14.7 Å². The van der Waals surface area contributed by atoms with E-state index in [1.807, 2.05) is 14.1 Å². The molecular weight excluding hydrogens is 210 g/mol. The van der Waals surface area contributed by atoms with Gasteiger partial charge in [-0.1, -0.05) is 0 Å². The zero-order chi connectivity index (χ0) is 12.3. The summed E-state index contributed by atoms with van der Waals surface area (Å²) in [7, 11) is 3.63. The lowest BCUT2D eigenvalue weighted by atomic mass is 10.1. The van der Waals surface area contributed by atoms with E-state index >= 15 is 0 Å². The highest BCUT2D eigenvalue weighted by Gasteiger charge is 2.14. The van der Waals surface area contributed by atoms with Crippen molar-refractivity contribution in [1.29, 1.82) is 0 Å². The second-order valence-electron chi connectivity index (χ2n) is 3.47. The average molecular weight is 223 g/mol. The second kappa shape index (κ2) is 4.65. The molecule has 0 fully saturated rings. The number of esters is 1. The Morgan fingerprint density at radius 1 is 1.31 bits per heavy atom. The van der Waals surface area contributed by atoms with Crippen LogP contribution in [0.15, 0.2) is 18.2 Å². The van der Waals surface area contributed by atoms with Gasteiger partial charge >= 0.3 is 11.9 Å². The van der Waals surface area contributed by atoms with E-state index in [2.05, 4.69) is 0 Å². The molecule has 0 atom stereocenters. The van der Waals surface area contributed by atoms with Crippen LogP contribution in [0, 0.1) is 0 Å². The monoisotopic (exact) mass is 223 g/mol. The van der Waals surface area contributed by atoms with Crippen LogP contribution in [0.2, 0.25) is 0 Å². The highest BCUT2D eigenvalue weighted by atomic mass is 16.5. The summed E-state index contributed by atoms with van der Waals surface area (Å²) in [6.07, 6.45) is 0. The van der Waals surface area contributed by atoms with Gasteiger partial charge in [-0.3, -0.25) is 4.79 Å². The Kier molecular flexibility index (Phi) is 3.50. The molecule has 1 aromatic rings. The fourth-order valence-electron chi connectivity index (χ4n) is 1.21. The predicted molar refractivity (Wildman–Crippen MR) is 59.0 cm³/mol. The summed E-state index contributed by atoms with van der Waals surface area (Å²) in [6.45, 7) is 1.23. The molecule has 5 heteroatoms. The molecular formula is C11H13NO4. The highest BCUT2D eigenvalue weighted by molar-refractivity contribution is 5.92. The molecule has 0 radical (unpaired) electrons. The molecule has 86 valence electrons. The predicted octanol–water partition coefficient (Wildman–Crippen LogP) is 1.38. The van der Waals surface area contributed by atoms with Crippen LogP contribution >= 0.6 is 0 Å². The van der Waals surface area contributed by atoms with Crippen molar-refractivity contribution in [2.24, 2.45) is 0 Å². The molecule has 0 amide bonds. The Morgan fingerprint density at radius 2 is 1.94 bits per heavy atom. The maximum atomic E-state index is 10.9. The van der Waals surface area contributed by atoms with Gasteiger partial charge in [0.2, 0.25) is 0 Å². The molecule has 0 aromatic heterocycles. The van der Waals surface area contributed by atoms with Gasteiger partial charge in [-0.25, -0.2) is 4.79 Å². The first kappa shape index (κ1) is 12.0. The largest absolute Gasteiger partial charge is 0.478 e. The first-order valence-electron chi connectivity index (χ1n) is 4.65. The fourth-order valence-corrected chi connectivity index (χ4v) is 1.21. The van der Waals surface area contributed by atoms with Crippen molar-refractivity contribution >= 4 is 17.6 Å². The molecule has 0 heterocycles. The number of nitrogens with zero attached hydrogens (tertiary/aromatic N) is 1. The molecule has 0 unspecified atom stereocenters. The molecule has 0 saturated carbocycles. The zero-order valence-electron chi connectivity index (χ0n) is 9.35. The van der Waals surface area contributed by atoms with Crippen molar-refractivity contribution in [2.75, 3.05) is 19.0 Å². The van der Waals surface area contributed by atoms with Gasteiger partial charge in [0.05, 0.1) is 0 Å². The quantitative estimate of drug-likeness (QED) is 0.619. The van der Waals surface area contributed by atoms with E-state index in [1.54, 1.807) is 11.0 Å². The van der Waals surface area contributed by atoms with Gasteiger partial charge in [-0.15, -0.1) is 0 Å². The number of rotatable bonds is 3. The summed E-state index contributed by atoms with van der Waals surface area (Å²) in [5.74, 6) is -1.61. The molecule has 0 spiro atoms. The smallest absolute Gasteiger partial charge is 0.339 e. The van der Waals surface area contributed by atoms with Crippen LogP contribution in [0.25, 0.3) is 0 Å². The Hall–Kier alpha value is -2.04. The lowest BCUT2D eigenvalue weighted by Gasteiger charge is -2.14. The summed E-state index contributed by atoms with van der Waals surface area (Å²) in [4.78, 5) is 23.5. The number of ether oxygens (including phenoxy) is 1. The van der Waals surface area contributed by atoms with Crippen molar-refractivity contribution < 1.29 is 19.4 Å². The van der Waals surface area contributed by atoms with Gasteiger partial charge in [0, 0.05) is 32.8 Å². The first-order valence-corrected chi connectivity index (χ1v) is 4.65. The molecule has 0 aliphatic carbocycles. The van der Waals surface area contributed by atoms with Crippen LogP contribution < -0.4 is 9.64 Å². The third-order valence-electron chi connectivity index (χ3n) is 1.97. The van der Waals surface area contributed by atoms with Gasteiger partial charge in [-0.2, -0.15) is 0 Å². The van der Waals surface area contributed by atoms with Crippen molar-refractivity contribution in [3.05, 3.63) is 23.8 Å². The minimum absolute atomic E-state index is 0.0270. The molecule has 1 aromatic carbocycles. The van der Waals surface area contributed by atoms with Crippen LogP contribution in [0.4, 0.5) is 5.69 Å². The third kappa shape index (κ3) is 2.73. The Labute approximate surface area is 93.2 Å². The number of carboxylic acids is 1. The minimum atomic E-state index is -1.12. The van der Waals surface area contributed by atoms with Crippen LogP contribution in [-0.4, -0.2) is 31.1 Å². The molecule has 0 bridgehead atoms. The van der Waals surface area contributed by atoms with Crippen molar-refractivity contribution in [3.8, 4) is 5.75 Å².